The molecule has 0 radical (unpaired) electrons. The summed E-state index contributed by atoms with van der Waals surface area (Å²) in [7, 11) is 0. The molecule has 6 heteroatoms. The van der Waals surface area contributed by atoms with Gasteiger partial charge in [-0.05, 0) is 19.9 Å². The zero-order valence-corrected chi connectivity index (χ0v) is 8.82. The summed E-state index contributed by atoms with van der Waals surface area (Å²) in [4.78, 5) is 11.3. The zero-order valence-electron chi connectivity index (χ0n) is 8.82. The molecule has 0 spiro atoms. The van der Waals surface area contributed by atoms with Crippen molar-refractivity contribution < 1.29 is 18.3 Å². The summed E-state index contributed by atoms with van der Waals surface area (Å²) < 4.78 is 38.0. The monoisotopic (exact) mass is 235 g/mol. The maximum Gasteiger partial charge on any atom is 0.417 e. The Morgan fingerprint density at radius 1 is 1.31 bits per heavy atom. The third-order valence-electron chi connectivity index (χ3n) is 2.40. The van der Waals surface area contributed by atoms with Gasteiger partial charge in [0.25, 0.3) is 5.56 Å². The van der Waals surface area contributed by atoms with Gasteiger partial charge in [0, 0.05) is 12.3 Å². The number of alkyl halides is 3. The minimum atomic E-state index is -4.49. The quantitative estimate of drug-likeness (QED) is 0.849. The molecule has 1 heterocycles. The Bertz CT molecular complexity index is 423. The van der Waals surface area contributed by atoms with Crippen LogP contribution in [0.25, 0.3) is 0 Å². The highest BCUT2D eigenvalue weighted by molar-refractivity contribution is 5.14. The van der Waals surface area contributed by atoms with Gasteiger partial charge in [0.2, 0.25) is 0 Å². The minimum absolute atomic E-state index is 0.568. The lowest BCUT2D eigenvalue weighted by Crippen LogP contribution is -2.29. The third kappa shape index (κ3) is 2.63. The van der Waals surface area contributed by atoms with Crippen LogP contribution in [-0.4, -0.2) is 15.8 Å². The van der Waals surface area contributed by atoms with E-state index in [9.17, 15) is 23.1 Å². The molecular formula is C10H12F3NO2. The molecule has 0 fully saturated rings. The van der Waals surface area contributed by atoms with E-state index in [4.69, 9.17) is 0 Å². The van der Waals surface area contributed by atoms with Gasteiger partial charge in [-0.25, -0.2) is 0 Å². The van der Waals surface area contributed by atoms with E-state index in [1.807, 2.05) is 0 Å². The Morgan fingerprint density at radius 3 is 2.31 bits per heavy atom. The number of hydrogen-bond donors (Lipinski definition) is 1. The number of pyridine rings is 1. The molecule has 0 aromatic carbocycles. The van der Waals surface area contributed by atoms with Crippen LogP contribution < -0.4 is 5.56 Å². The van der Waals surface area contributed by atoms with Crippen LogP contribution in [-0.2, 0) is 6.18 Å². The molecule has 16 heavy (non-hydrogen) atoms. The van der Waals surface area contributed by atoms with E-state index in [0.717, 1.165) is 22.9 Å². The Hall–Kier alpha value is -1.30. The summed E-state index contributed by atoms with van der Waals surface area (Å²) in [5.74, 6) is 0. The van der Waals surface area contributed by atoms with Gasteiger partial charge in [0.05, 0.1) is 17.7 Å². The van der Waals surface area contributed by atoms with Gasteiger partial charge in [-0.1, -0.05) is 0 Å². The summed E-state index contributed by atoms with van der Waals surface area (Å²) in [5, 5.41) is 9.25. The lowest BCUT2D eigenvalue weighted by Gasteiger charge is -2.19. The second-order valence-electron chi connectivity index (χ2n) is 3.64. The zero-order chi connectivity index (χ0) is 12.5. The number of hydrogen-bond acceptors (Lipinski definition) is 2. The summed E-state index contributed by atoms with van der Waals surface area (Å²) in [5.41, 5.74) is -1.47. The lowest BCUT2D eigenvalue weighted by atomic mass is 10.2. The van der Waals surface area contributed by atoms with Crippen molar-refractivity contribution in [2.24, 2.45) is 0 Å². The second kappa shape index (κ2) is 4.29. The fraction of sp³-hybridized carbons (Fsp3) is 0.500. The number of halogens is 3. The molecule has 0 amide bonds. The predicted octanol–water partition coefficient (Wildman–Crippen LogP) is 1.81. The van der Waals surface area contributed by atoms with Gasteiger partial charge in [0.1, 0.15) is 0 Å². The molecule has 0 aliphatic heterocycles. The molecule has 0 bridgehead atoms. The molecule has 1 aromatic rings. The average Bonchev–Trinajstić information content (AvgIpc) is 2.15. The first-order valence-corrected chi connectivity index (χ1v) is 4.71. The molecule has 1 N–H and O–H groups in total. The first-order chi connectivity index (χ1) is 7.23. The van der Waals surface area contributed by atoms with Crippen molar-refractivity contribution in [3.63, 3.8) is 0 Å². The summed E-state index contributed by atoms with van der Waals surface area (Å²) in [6.45, 7) is 2.89. The van der Waals surface area contributed by atoms with Crippen molar-refractivity contribution in [1.29, 1.82) is 0 Å². The fourth-order valence-corrected chi connectivity index (χ4v) is 1.22. The number of nitrogens with zero attached hydrogens (tertiary/aromatic N) is 1. The molecule has 1 aromatic heterocycles. The minimum Gasteiger partial charge on any atom is -0.391 e. The van der Waals surface area contributed by atoms with E-state index < -0.39 is 29.4 Å². The van der Waals surface area contributed by atoms with Gasteiger partial charge >= 0.3 is 6.18 Å². The number of aliphatic hydroxyl groups is 1. The molecule has 0 aliphatic rings. The van der Waals surface area contributed by atoms with Crippen molar-refractivity contribution in [3.8, 4) is 0 Å². The Balaban J connectivity index is 3.25. The number of aromatic nitrogens is 1. The third-order valence-corrected chi connectivity index (χ3v) is 2.40. The fourth-order valence-electron chi connectivity index (χ4n) is 1.22. The van der Waals surface area contributed by atoms with E-state index in [1.54, 1.807) is 0 Å². The molecule has 0 saturated carbocycles. The first kappa shape index (κ1) is 12.8. The Morgan fingerprint density at radius 2 is 1.88 bits per heavy atom. The smallest absolute Gasteiger partial charge is 0.391 e. The van der Waals surface area contributed by atoms with Crippen LogP contribution in [0.2, 0.25) is 0 Å². The van der Waals surface area contributed by atoms with E-state index in [-0.39, 0.29) is 0 Å². The topological polar surface area (TPSA) is 42.2 Å². The molecule has 3 nitrogen and oxygen atoms in total. The van der Waals surface area contributed by atoms with E-state index in [2.05, 4.69) is 0 Å². The number of aliphatic hydroxyl groups excluding tert-OH is 1. The highest BCUT2D eigenvalue weighted by atomic mass is 19.4. The van der Waals surface area contributed by atoms with Crippen LogP contribution in [0.3, 0.4) is 0 Å². The standard InChI is InChI=1S/C10H12F3NO2/c1-6(7(2)15)14-5-8(10(11,12)13)3-4-9(14)16/h3-7,15H,1-2H3. The van der Waals surface area contributed by atoms with E-state index in [1.165, 1.54) is 13.8 Å². The molecule has 2 unspecified atom stereocenters. The normalized spacial score (nSPS) is 15.9. The van der Waals surface area contributed by atoms with Crippen molar-refractivity contribution in [2.75, 3.05) is 0 Å². The van der Waals surface area contributed by atoms with Crippen LogP contribution in [0.4, 0.5) is 13.2 Å². The largest absolute Gasteiger partial charge is 0.417 e. The first-order valence-electron chi connectivity index (χ1n) is 4.71. The summed E-state index contributed by atoms with van der Waals surface area (Å²) in [6, 6.07) is 0.879. The average molecular weight is 235 g/mol. The Labute approximate surface area is 90.1 Å². The molecule has 90 valence electrons. The van der Waals surface area contributed by atoms with E-state index in [0.29, 0.717) is 0 Å². The molecule has 0 saturated heterocycles. The Kier molecular flexibility index (Phi) is 3.42. The van der Waals surface area contributed by atoms with Gasteiger partial charge in [-0.15, -0.1) is 0 Å². The SMILES string of the molecule is CC(O)C(C)n1cc(C(F)(F)F)ccc1=O. The molecular weight excluding hydrogens is 223 g/mol. The summed E-state index contributed by atoms with van der Waals surface area (Å²) in [6.07, 6.45) is -4.67. The van der Waals surface area contributed by atoms with Crippen LogP contribution in [0.5, 0.6) is 0 Å². The van der Waals surface area contributed by atoms with Crippen molar-refractivity contribution in [3.05, 3.63) is 34.2 Å². The van der Waals surface area contributed by atoms with Crippen LogP contribution >= 0.6 is 0 Å². The van der Waals surface area contributed by atoms with Crippen molar-refractivity contribution in [1.82, 2.24) is 4.57 Å². The maximum atomic E-state index is 12.4. The highest BCUT2D eigenvalue weighted by Crippen LogP contribution is 2.28. The van der Waals surface area contributed by atoms with Gasteiger partial charge in [-0.2, -0.15) is 13.2 Å². The molecule has 0 aliphatic carbocycles. The lowest BCUT2D eigenvalue weighted by molar-refractivity contribution is -0.138. The van der Waals surface area contributed by atoms with Crippen LogP contribution in [0, 0.1) is 0 Å². The van der Waals surface area contributed by atoms with Gasteiger partial charge in [-0.3, -0.25) is 4.79 Å². The van der Waals surface area contributed by atoms with Crippen LogP contribution in [0.15, 0.2) is 23.1 Å². The van der Waals surface area contributed by atoms with Gasteiger partial charge in [0.15, 0.2) is 0 Å². The van der Waals surface area contributed by atoms with Gasteiger partial charge < -0.3 is 9.67 Å². The van der Waals surface area contributed by atoms with Crippen molar-refractivity contribution in [2.45, 2.75) is 32.2 Å². The van der Waals surface area contributed by atoms with Crippen LogP contribution in [0.1, 0.15) is 25.5 Å². The maximum absolute atomic E-state index is 12.4. The molecule has 1 rings (SSSR count). The second-order valence-corrected chi connectivity index (χ2v) is 3.64. The predicted molar refractivity (Wildman–Crippen MR) is 52.1 cm³/mol. The number of rotatable bonds is 2. The summed E-state index contributed by atoms with van der Waals surface area (Å²) >= 11 is 0. The van der Waals surface area contributed by atoms with E-state index >= 15 is 0 Å². The van der Waals surface area contributed by atoms with Crippen molar-refractivity contribution >= 4 is 0 Å². The highest BCUT2D eigenvalue weighted by Gasteiger charge is 2.31. The molecule has 2 atom stereocenters.